The van der Waals surface area contributed by atoms with Crippen LogP contribution in [0.4, 0.5) is 4.39 Å². The first-order valence-corrected chi connectivity index (χ1v) is 7.11. The first kappa shape index (κ1) is 15.1. The van der Waals surface area contributed by atoms with Crippen molar-refractivity contribution >= 4 is 11.0 Å². The number of nitrogens with two attached hydrogens (primary N) is 1. The van der Waals surface area contributed by atoms with Crippen LogP contribution in [0.25, 0.3) is 0 Å². The molecule has 2 nitrogen and oxygen atoms in total. The minimum atomic E-state index is -1.39. The second-order valence-corrected chi connectivity index (χ2v) is 6.73. The summed E-state index contributed by atoms with van der Waals surface area (Å²) >= 11 is 0. The van der Waals surface area contributed by atoms with Crippen molar-refractivity contribution in [3.05, 3.63) is 48.3 Å². The minimum absolute atomic E-state index is 0.158. The van der Waals surface area contributed by atoms with Gasteiger partial charge in [0.1, 0.15) is 5.82 Å². The third-order valence-electron chi connectivity index (χ3n) is 3.08. The first-order valence-electron chi connectivity index (χ1n) is 5.89. The Balaban J connectivity index is 2.92. The van der Waals surface area contributed by atoms with E-state index in [-0.39, 0.29) is 11.7 Å². The van der Waals surface area contributed by atoms with Gasteiger partial charge in [0.05, 0.1) is 15.7 Å². The number of hydrogen-bond acceptors (Lipinski definition) is 1. The highest BCUT2D eigenvalue weighted by molar-refractivity contribution is 7.84. The molecule has 4 heteroatoms. The average Bonchev–Trinajstić information content (AvgIpc) is 2.29. The summed E-state index contributed by atoms with van der Waals surface area (Å²) in [6, 6.07) is 6.41. The molecule has 0 fully saturated rings. The lowest BCUT2D eigenvalue weighted by Gasteiger charge is -2.27. The van der Waals surface area contributed by atoms with Gasteiger partial charge in [-0.3, -0.25) is 5.14 Å². The van der Waals surface area contributed by atoms with E-state index in [0.717, 1.165) is 12.0 Å². The predicted octanol–water partition coefficient (Wildman–Crippen LogP) is 3.28. The Morgan fingerprint density at radius 3 is 2.44 bits per heavy atom. The molecule has 0 radical (unpaired) electrons. The number of halogens is 1. The molecule has 0 amide bonds. The molecule has 2 N–H and O–H groups in total. The van der Waals surface area contributed by atoms with E-state index >= 15 is 0 Å². The quantitative estimate of drug-likeness (QED) is 0.791. The standard InChI is InChI=1S/C14H20FNOS/c1-4-5-12(10-14(2,3)18(16)17)11-6-8-13(15)9-7-11/h4,6-9,12H,1,5,10,16H2,2-3H3/t12-,18?/m0/s1. The summed E-state index contributed by atoms with van der Waals surface area (Å²) < 4.78 is 23.9. The summed E-state index contributed by atoms with van der Waals surface area (Å²) in [6.45, 7) is 7.49. The summed E-state index contributed by atoms with van der Waals surface area (Å²) in [5.74, 6) is -0.0941. The molecule has 0 saturated carbocycles. The summed E-state index contributed by atoms with van der Waals surface area (Å²) in [5, 5.41) is 5.50. The molecule has 0 bridgehead atoms. The van der Waals surface area contributed by atoms with Gasteiger partial charge in [-0.1, -0.05) is 18.2 Å². The van der Waals surface area contributed by atoms with E-state index in [2.05, 4.69) is 6.58 Å². The number of rotatable bonds is 6. The van der Waals surface area contributed by atoms with Crippen molar-refractivity contribution < 1.29 is 8.60 Å². The lowest BCUT2D eigenvalue weighted by molar-refractivity contribution is 0.519. The average molecular weight is 269 g/mol. The second kappa shape index (κ2) is 6.25. The monoisotopic (exact) mass is 269 g/mol. The van der Waals surface area contributed by atoms with Crippen LogP contribution in [0, 0.1) is 5.82 Å². The fraction of sp³-hybridized carbons (Fsp3) is 0.429. The van der Waals surface area contributed by atoms with E-state index in [1.165, 1.54) is 12.1 Å². The van der Waals surface area contributed by atoms with Crippen molar-refractivity contribution in [3.63, 3.8) is 0 Å². The second-order valence-electron chi connectivity index (χ2n) is 5.03. The third kappa shape index (κ3) is 4.03. The van der Waals surface area contributed by atoms with E-state index in [9.17, 15) is 8.60 Å². The van der Waals surface area contributed by atoms with Crippen LogP contribution in [-0.4, -0.2) is 8.96 Å². The lowest BCUT2D eigenvalue weighted by Crippen LogP contribution is -2.33. The van der Waals surface area contributed by atoms with E-state index in [0.29, 0.717) is 6.42 Å². The Kier molecular flexibility index (Phi) is 5.23. The first-order chi connectivity index (χ1) is 8.36. The molecule has 0 heterocycles. The number of benzene rings is 1. The highest BCUT2D eigenvalue weighted by atomic mass is 32.2. The fourth-order valence-corrected chi connectivity index (χ4v) is 2.31. The lowest BCUT2D eigenvalue weighted by atomic mass is 9.87. The topological polar surface area (TPSA) is 43.1 Å². The van der Waals surface area contributed by atoms with Gasteiger partial charge in [-0.05, 0) is 50.3 Å². The van der Waals surface area contributed by atoms with Crippen LogP contribution < -0.4 is 5.14 Å². The molecule has 0 aliphatic heterocycles. The van der Waals surface area contributed by atoms with E-state index in [1.807, 2.05) is 19.9 Å². The Morgan fingerprint density at radius 2 is 2.00 bits per heavy atom. The van der Waals surface area contributed by atoms with Gasteiger partial charge in [-0.15, -0.1) is 6.58 Å². The molecular formula is C14H20FNOS. The highest BCUT2D eigenvalue weighted by Gasteiger charge is 2.28. The minimum Gasteiger partial charge on any atom is -0.251 e. The molecule has 1 aromatic rings. The third-order valence-corrected chi connectivity index (χ3v) is 4.33. The SMILES string of the molecule is C=CC[C@@H](CC(C)(C)S(N)=O)c1ccc(F)cc1. The van der Waals surface area contributed by atoms with Crippen LogP contribution in [-0.2, 0) is 11.0 Å². The molecule has 2 atom stereocenters. The van der Waals surface area contributed by atoms with E-state index in [4.69, 9.17) is 5.14 Å². The highest BCUT2D eigenvalue weighted by Crippen LogP contribution is 2.31. The molecule has 0 spiro atoms. The smallest absolute Gasteiger partial charge is 0.123 e. The van der Waals surface area contributed by atoms with Gasteiger partial charge in [0.2, 0.25) is 0 Å². The molecule has 0 saturated heterocycles. The summed E-state index contributed by atoms with van der Waals surface area (Å²) in [4.78, 5) is 0. The van der Waals surface area contributed by atoms with Gasteiger partial charge in [-0.25, -0.2) is 8.60 Å². The molecule has 18 heavy (non-hydrogen) atoms. The summed E-state index contributed by atoms with van der Waals surface area (Å²) in [6.07, 6.45) is 3.25. The molecule has 100 valence electrons. The Bertz CT molecular complexity index is 428. The largest absolute Gasteiger partial charge is 0.251 e. The maximum absolute atomic E-state index is 12.9. The van der Waals surface area contributed by atoms with Gasteiger partial charge in [0, 0.05) is 0 Å². The molecule has 0 aliphatic rings. The van der Waals surface area contributed by atoms with Crippen LogP contribution in [0.5, 0.6) is 0 Å². The van der Waals surface area contributed by atoms with Crippen LogP contribution in [0.1, 0.15) is 38.2 Å². The van der Waals surface area contributed by atoms with Crippen LogP contribution in [0.2, 0.25) is 0 Å². The Labute approximate surface area is 111 Å². The summed E-state index contributed by atoms with van der Waals surface area (Å²) in [5.41, 5.74) is 1.02. The van der Waals surface area contributed by atoms with Crippen molar-refractivity contribution in [1.29, 1.82) is 0 Å². The molecule has 0 aliphatic carbocycles. The number of hydrogen-bond donors (Lipinski definition) is 1. The maximum Gasteiger partial charge on any atom is 0.123 e. The molecule has 1 aromatic carbocycles. The molecule has 0 aromatic heterocycles. The van der Waals surface area contributed by atoms with E-state index in [1.54, 1.807) is 12.1 Å². The molecule has 1 rings (SSSR count). The van der Waals surface area contributed by atoms with Crippen LogP contribution in [0.3, 0.4) is 0 Å². The van der Waals surface area contributed by atoms with Crippen molar-refractivity contribution in [1.82, 2.24) is 0 Å². The molecular weight excluding hydrogens is 249 g/mol. The Morgan fingerprint density at radius 1 is 1.44 bits per heavy atom. The van der Waals surface area contributed by atoms with E-state index < -0.39 is 15.7 Å². The number of allylic oxidation sites excluding steroid dienone is 1. The van der Waals surface area contributed by atoms with Crippen molar-refractivity contribution in [2.75, 3.05) is 0 Å². The van der Waals surface area contributed by atoms with Gasteiger partial charge >= 0.3 is 0 Å². The van der Waals surface area contributed by atoms with Crippen molar-refractivity contribution in [2.45, 2.75) is 37.4 Å². The van der Waals surface area contributed by atoms with Crippen molar-refractivity contribution in [3.8, 4) is 0 Å². The van der Waals surface area contributed by atoms with Crippen LogP contribution >= 0.6 is 0 Å². The predicted molar refractivity (Wildman–Crippen MR) is 75.0 cm³/mol. The Hall–Kier alpha value is -1.00. The normalized spacial score (nSPS) is 15.1. The zero-order valence-electron chi connectivity index (χ0n) is 10.9. The van der Waals surface area contributed by atoms with Gasteiger partial charge < -0.3 is 0 Å². The fourth-order valence-electron chi connectivity index (χ4n) is 1.95. The van der Waals surface area contributed by atoms with Gasteiger partial charge in [0.25, 0.3) is 0 Å². The van der Waals surface area contributed by atoms with Gasteiger partial charge in [-0.2, -0.15) is 0 Å². The summed E-state index contributed by atoms with van der Waals surface area (Å²) in [7, 11) is -1.39. The zero-order valence-corrected chi connectivity index (χ0v) is 11.7. The van der Waals surface area contributed by atoms with Crippen molar-refractivity contribution in [2.24, 2.45) is 5.14 Å². The maximum atomic E-state index is 12.9. The van der Waals surface area contributed by atoms with Gasteiger partial charge in [0.15, 0.2) is 0 Å². The molecule has 1 unspecified atom stereocenters. The van der Waals surface area contributed by atoms with Crippen LogP contribution in [0.15, 0.2) is 36.9 Å². The zero-order chi connectivity index (χ0) is 13.8.